The van der Waals surface area contributed by atoms with E-state index >= 15 is 0 Å². The van der Waals surface area contributed by atoms with Crippen LogP contribution in [0.3, 0.4) is 0 Å². The summed E-state index contributed by atoms with van der Waals surface area (Å²) in [6.07, 6.45) is 8.62. The highest BCUT2D eigenvalue weighted by atomic mass is 16.1. The van der Waals surface area contributed by atoms with Crippen molar-refractivity contribution >= 4 is 11.4 Å². The molecule has 0 amide bonds. The van der Waals surface area contributed by atoms with Crippen LogP contribution in [0, 0.1) is 6.92 Å². The minimum atomic E-state index is 0.0693. The van der Waals surface area contributed by atoms with E-state index in [1.165, 1.54) is 47.2 Å². The van der Waals surface area contributed by atoms with Crippen LogP contribution in [0.2, 0.25) is 0 Å². The van der Waals surface area contributed by atoms with Gasteiger partial charge in [0, 0.05) is 36.3 Å². The Bertz CT molecular complexity index is 867. The van der Waals surface area contributed by atoms with E-state index in [1.54, 1.807) is 6.08 Å². The van der Waals surface area contributed by atoms with Crippen molar-refractivity contribution < 1.29 is 4.79 Å². The van der Waals surface area contributed by atoms with E-state index in [0.717, 1.165) is 25.1 Å². The Morgan fingerprint density at radius 1 is 0.962 bits per heavy atom. The third kappa shape index (κ3) is 3.37. The van der Waals surface area contributed by atoms with Gasteiger partial charge in [0.2, 0.25) is 0 Å². The molecule has 4 rings (SSSR count). The number of ketones is 1. The zero-order chi connectivity index (χ0) is 17.9. The molecular formula is C24H25NO. The molecule has 26 heavy (non-hydrogen) atoms. The third-order valence-electron chi connectivity index (χ3n) is 5.45. The number of aryl methyl sites for hydroxylation is 1. The van der Waals surface area contributed by atoms with Gasteiger partial charge in [-0.15, -0.1) is 0 Å². The molecule has 2 aliphatic rings. The second-order valence-corrected chi connectivity index (χ2v) is 7.31. The number of nitrogens with zero attached hydrogens (tertiary/aromatic N) is 1. The number of allylic oxidation sites excluding steroid dienone is 4. The molecule has 2 aromatic carbocycles. The molecule has 1 aliphatic carbocycles. The predicted molar refractivity (Wildman–Crippen MR) is 107 cm³/mol. The second-order valence-electron chi connectivity index (χ2n) is 7.31. The molecule has 1 aliphatic heterocycles. The Morgan fingerprint density at radius 3 is 2.46 bits per heavy atom. The first-order valence-corrected chi connectivity index (χ1v) is 9.58. The molecule has 0 unspecified atom stereocenters. The van der Waals surface area contributed by atoms with Gasteiger partial charge in [-0.3, -0.25) is 4.79 Å². The Hall–Kier alpha value is -2.61. The summed E-state index contributed by atoms with van der Waals surface area (Å²) in [6.45, 7) is 4.30. The Balaban J connectivity index is 1.65. The first-order valence-electron chi connectivity index (χ1n) is 9.58. The number of benzene rings is 2. The maximum Gasteiger partial charge on any atom is 0.185 e. The molecule has 0 aromatic heterocycles. The van der Waals surface area contributed by atoms with Gasteiger partial charge >= 0.3 is 0 Å². The van der Waals surface area contributed by atoms with E-state index < -0.39 is 0 Å². The molecule has 0 spiro atoms. The van der Waals surface area contributed by atoms with E-state index in [-0.39, 0.29) is 5.78 Å². The molecule has 1 fully saturated rings. The van der Waals surface area contributed by atoms with Crippen LogP contribution in [0.15, 0.2) is 66.4 Å². The number of hydrogen-bond acceptors (Lipinski definition) is 2. The normalized spacial score (nSPS) is 17.0. The summed E-state index contributed by atoms with van der Waals surface area (Å²) in [4.78, 5) is 15.1. The molecule has 2 heteroatoms. The molecular weight excluding hydrogens is 318 g/mol. The molecule has 0 atom stereocenters. The van der Waals surface area contributed by atoms with E-state index in [1.807, 2.05) is 37.3 Å². The zero-order valence-electron chi connectivity index (χ0n) is 15.4. The van der Waals surface area contributed by atoms with Crippen LogP contribution in [0.5, 0.6) is 0 Å². The van der Waals surface area contributed by atoms with Crippen molar-refractivity contribution in [3.05, 3.63) is 88.6 Å². The number of carbonyl (C=O) groups excluding carboxylic acids is 1. The minimum Gasteiger partial charge on any atom is -0.374 e. The van der Waals surface area contributed by atoms with Crippen molar-refractivity contribution in [1.29, 1.82) is 0 Å². The largest absolute Gasteiger partial charge is 0.374 e. The van der Waals surface area contributed by atoms with Gasteiger partial charge in [0.1, 0.15) is 0 Å². The quantitative estimate of drug-likeness (QED) is 0.563. The number of hydrogen-bond donors (Lipinski definition) is 0. The van der Waals surface area contributed by atoms with Crippen molar-refractivity contribution in [3.8, 4) is 0 Å². The van der Waals surface area contributed by atoms with Crippen LogP contribution in [0.25, 0.3) is 5.57 Å². The summed E-state index contributed by atoms with van der Waals surface area (Å²) in [7, 11) is 0. The van der Waals surface area contributed by atoms with Gasteiger partial charge in [-0.05, 0) is 49.5 Å². The molecule has 0 N–H and O–H groups in total. The Kier molecular flexibility index (Phi) is 4.75. The average Bonchev–Trinajstić information content (AvgIpc) is 3.06. The number of fused-ring (bicyclic) bond motifs is 1. The molecule has 0 saturated carbocycles. The summed E-state index contributed by atoms with van der Waals surface area (Å²) in [5.41, 5.74) is 7.18. The highest BCUT2D eigenvalue weighted by Crippen LogP contribution is 2.36. The molecule has 132 valence electrons. The lowest BCUT2D eigenvalue weighted by Crippen LogP contribution is -2.29. The highest BCUT2D eigenvalue weighted by molar-refractivity contribution is 6.06. The Morgan fingerprint density at radius 2 is 1.69 bits per heavy atom. The van der Waals surface area contributed by atoms with Gasteiger partial charge in [0.15, 0.2) is 5.78 Å². The van der Waals surface area contributed by atoms with Gasteiger partial charge in [-0.25, -0.2) is 0 Å². The number of likely N-dealkylation sites (tertiary alicyclic amines) is 1. The van der Waals surface area contributed by atoms with Gasteiger partial charge in [0.25, 0.3) is 0 Å². The summed E-state index contributed by atoms with van der Waals surface area (Å²) in [5, 5.41) is 0. The first kappa shape index (κ1) is 16.8. The van der Waals surface area contributed by atoms with Crippen LogP contribution < -0.4 is 0 Å². The number of rotatable bonds is 4. The fraction of sp³-hybridized carbons (Fsp3) is 0.292. The number of piperidine rings is 1. The van der Waals surface area contributed by atoms with Crippen molar-refractivity contribution in [2.45, 2.75) is 32.6 Å². The van der Waals surface area contributed by atoms with Crippen molar-refractivity contribution in [3.63, 3.8) is 0 Å². The molecule has 0 radical (unpaired) electrons. The van der Waals surface area contributed by atoms with Crippen molar-refractivity contribution in [2.24, 2.45) is 0 Å². The molecule has 2 nitrogen and oxygen atoms in total. The van der Waals surface area contributed by atoms with Crippen LogP contribution in [0.1, 0.15) is 46.3 Å². The SMILES string of the molecule is Cc1ccc(C(=O)C=CC2=C(N3CCCCC3)Cc3ccccc32)cc1. The summed E-state index contributed by atoms with van der Waals surface area (Å²) < 4.78 is 0. The van der Waals surface area contributed by atoms with Crippen LogP contribution in [-0.2, 0) is 6.42 Å². The fourth-order valence-corrected chi connectivity index (χ4v) is 3.97. The summed E-state index contributed by atoms with van der Waals surface area (Å²) in [6, 6.07) is 16.4. The second kappa shape index (κ2) is 7.33. The monoisotopic (exact) mass is 343 g/mol. The summed E-state index contributed by atoms with van der Waals surface area (Å²) >= 11 is 0. The van der Waals surface area contributed by atoms with Crippen LogP contribution in [-0.4, -0.2) is 23.8 Å². The first-order chi connectivity index (χ1) is 12.7. The standard InChI is InChI=1S/C24H25NO/c1-18-9-11-19(12-10-18)24(26)14-13-22-21-8-4-3-7-20(21)17-23(22)25-15-5-2-6-16-25/h3-4,7-14H,2,5-6,15-17H2,1H3. The van der Waals surface area contributed by atoms with Gasteiger partial charge in [-0.1, -0.05) is 54.1 Å². The molecule has 0 bridgehead atoms. The van der Waals surface area contributed by atoms with Gasteiger partial charge < -0.3 is 4.90 Å². The Labute approximate surface area is 155 Å². The fourth-order valence-electron chi connectivity index (χ4n) is 3.97. The lowest BCUT2D eigenvalue weighted by Gasteiger charge is -2.30. The topological polar surface area (TPSA) is 20.3 Å². The smallest absolute Gasteiger partial charge is 0.185 e. The highest BCUT2D eigenvalue weighted by Gasteiger charge is 2.24. The van der Waals surface area contributed by atoms with E-state index in [9.17, 15) is 4.79 Å². The maximum atomic E-state index is 12.6. The average molecular weight is 343 g/mol. The molecule has 1 heterocycles. The van der Waals surface area contributed by atoms with Crippen LogP contribution >= 0.6 is 0 Å². The van der Waals surface area contributed by atoms with Crippen molar-refractivity contribution in [2.75, 3.05) is 13.1 Å². The van der Waals surface area contributed by atoms with E-state index in [0.29, 0.717) is 0 Å². The third-order valence-corrected chi connectivity index (χ3v) is 5.45. The van der Waals surface area contributed by atoms with E-state index in [4.69, 9.17) is 0 Å². The lowest BCUT2D eigenvalue weighted by molar-refractivity contribution is 0.104. The summed E-state index contributed by atoms with van der Waals surface area (Å²) in [5.74, 6) is 0.0693. The molecule has 1 saturated heterocycles. The van der Waals surface area contributed by atoms with E-state index in [2.05, 4.69) is 29.2 Å². The van der Waals surface area contributed by atoms with Crippen molar-refractivity contribution in [1.82, 2.24) is 4.90 Å². The lowest BCUT2D eigenvalue weighted by atomic mass is 10.0. The molecule has 2 aromatic rings. The maximum absolute atomic E-state index is 12.6. The van der Waals surface area contributed by atoms with Gasteiger partial charge in [0.05, 0.1) is 0 Å². The van der Waals surface area contributed by atoms with Gasteiger partial charge in [-0.2, -0.15) is 0 Å². The number of carbonyl (C=O) groups is 1. The predicted octanol–water partition coefficient (Wildman–Crippen LogP) is 5.19. The minimum absolute atomic E-state index is 0.0693. The zero-order valence-corrected chi connectivity index (χ0v) is 15.4. The van der Waals surface area contributed by atoms with Crippen LogP contribution in [0.4, 0.5) is 0 Å².